The van der Waals surface area contributed by atoms with Gasteiger partial charge in [0.05, 0.1) is 0 Å². The van der Waals surface area contributed by atoms with Crippen LogP contribution in [0.4, 0.5) is 0 Å². The van der Waals surface area contributed by atoms with Crippen LogP contribution in [0.2, 0.25) is 0 Å². The molecule has 0 aromatic rings. The van der Waals surface area contributed by atoms with Crippen molar-refractivity contribution in [1.82, 2.24) is 0 Å². The maximum absolute atomic E-state index is 3.44. The van der Waals surface area contributed by atoms with Gasteiger partial charge in [-0.05, 0) is 0 Å². The number of hydrogen-bond donors (Lipinski definition) is 0. The second-order valence-electron chi connectivity index (χ2n) is 7.25. The fraction of sp³-hybridized carbons (Fsp3) is 0.600. The van der Waals surface area contributed by atoms with E-state index < -0.39 is 0 Å². The Kier molecular flexibility index (Phi) is 13.0. The van der Waals surface area contributed by atoms with Crippen molar-refractivity contribution in [2.75, 3.05) is 0 Å². The van der Waals surface area contributed by atoms with Crippen LogP contribution in [0.25, 0.3) is 0 Å². The van der Waals surface area contributed by atoms with Crippen LogP contribution in [0.5, 0.6) is 0 Å². The van der Waals surface area contributed by atoms with E-state index in [1.54, 1.807) is 0 Å². The van der Waals surface area contributed by atoms with E-state index in [0.717, 1.165) is 0 Å². The molecule has 0 spiro atoms. The predicted octanol–water partition coefficient (Wildman–Crippen LogP) is 7.46. The zero-order valence-corrected chi connectivity index (χ0v) is 22.5. The molecule has 0 unspecified atom stereocenters. The van der Waals surface area contributed by atoms with Crippen molar-refractivity contribution < 1.29 is 21.7 Å². The zero-order chi connectivity index (χ0) is 15.9. The zero-order valence-electron chi connectivity index (χ0n) is 16.3. The fourth-order valence-corrected chi connectivity index (χ4v) is 2.81. The molecule has 0 aliphatic heterocycles. The van der Waals surface area contributed by atoms with E-state index in [2.05, 4.69) is 81.4 Å². The van der Waals surface area contributed by atoms with Crippen LogP contribution in [0, 0.1) is 23.0 Å². The van der Waals surface area contributed by atoms with Crippen LogP contribution in [0.3, 0.4) is 0 Å². The van der Waals surface area contributed by atoms with Crippen molar-refractivity contribution in [2.45, 2.75) is 69.2 Å². The third-order valence-electron chi connectivity index (χ3n) is 5.12. The summed E-state index contributed by atoms with van der Waals surface area (Å²) < 4.78 is 0. The Bertz CT molecular complexity index is 494. The summed E-state index contributed by atoms with van der Waals surface area (Å²) in [5, 5.41) is 0. The van der Waals surface area contributed by atoms with Crippen LogP contribution in [0.15, 0.2) is 33.4 Å². The minimum Gasteiger partial charge on any atom is -0.263 e. The number of halogens is 2. The number of allylic oxidation sites excluding steroid dienone is 8. The summed E-state index contributed by atoms with van der Waals surface area (Å²) >= 11 is 0. The summed E-state index contributed by atoms with van der Waals surface area (Å²) in [6.45, 7) is 21.8. The molecule has 0 heterocycles. The standard InChI is InChI=1S/2C10H15.2HI.Ti/c2*1-7-6-10(4,5)9(3)8(7)2;;;/h2*1-5H3;2*1H;/q2*-1;;;+2. The smallest absolute Gasteiger partial charge is 0.263 e. The molecule has 0 bridgehead atoms. The van der Waals surface area contributed by atoms with Crippen molar-refractivity contribution in [3.8, 4) is 0 Å². The molecule has 0 aromatic carbocycles. The Morgan fingerprint density at radius 1 is 0.565 bits per heavy atom. The van der Waals surface area contributed by atoms with E-state index in [1.807, 2.05) is 0 Å². The van der Waals surface area contributed by atoms with Gasteiger partial charge in [0.2, 0.25) is 0 Å². The van der Waals surface area contributed by atoms with Gasteiger partial charge in [-0.15, -0.1) is 61.8 Å². The van der Waals surface area contributed by atoms with Gasteiger partial charge in [-0.25, -0.2) is 11.1 Å². The summed E-state index contributed by atoms with van der Waals surface area (Å²) in [6.07, 6.45) is 6.87. The molecule has 2 aliphatic rings. The van der Waals surface area contributed by atoms with E-state index in [-0.39, 0.29) is 80.5 Å². The molecule has 0 N–H and O–H groups in total. The molecule has 0 amide bonds. The summed E-state index contributed by atoms with van der Waals surface area (Å²) in [5.41, 5.74) is 8.79. The Balaban J connectivity index is -0.000000308. The van der Waals surface area contributed by atoms with E-state index in [9.17, 15) is 0 Å². The quantitative estimate of drug-likeness (QED) is 0.160. The second-order valence-corrected chi connectivity index (χ2v) is 7.25. The summed E-state index contributed by atoms with van der Waals surface area (Å²) in [7, 11) is 0. The van der Waals surface area contributed by atoms with Gasteiger partial charge in [0, 0.05) is 0 Å². The molecule has 0 saturated carbocycles. The summed E-state index contributed by atoms with van der Waals surface area (Å²) in [6, 6.07) is 0. The van der Waals surface area contributed by atoms with Crippen molar-refractivity contribution >= 4 is 48.0 Å². The van der Waals surface area contributed by atoms with Gasteiger partial charge >= 0.3 is 21.7 Å². The van der Waals surface area contributed by atoms with Crippen molar-refractivity contribution in [3.63, 3.8) is 0 Å². The topological polar surface area (TPSA) is 0 Å². The summed E-state index contributed by atoms with van der Waals surface area (Å²) in [4.78, 5) is 0. The van der Waals surface area contributed by atoms with E-state index >= 15 is 0 Å². The van der Waals surface area contributed by atoms with E-state index in [0.29, 0.717) is 0 Å². The number of hydrogen-bond acceptors (Lipinski definition) is 0. The maximum Gasteiger partial charge on any atom is 2.00 e. The first-order chi connectivity index (χ1) is 8.90. The summed E-state index contributed by atoms with van der Waals surface area (Å²) in [5.74, 6) is 0. The Labute approximate surface area is 193 Å². The molecular formula is C20H32I2Ti. The van der Waals surface area contributed by atoms with Gasteiger partial charge in [0.25, 0.3) is 0 Å². The monoisotopic (exact) mass is 574 g/mol. The van der Waals surface area contributed by atoms with Crippen molar-refractivity contribution in [2.24, 2.45) is 10.8 Å². The van der Waals surface area contributed by atoms with Gasteiger partial charge in [0.1, 0.15) is 0 Å². The first-order valence-corrected chi connectivity index (χ1v) is 7.50. The van der Waals surface area contributed by atoms with Gasteiger partial charge in [-0.3, -0.25) is 12.2 Å². The van der Waals surface area contributed by atoms with Gasteiger partial charge in [-0.2, -0.15) is 22.3 Å². The minimum absolute atomic E-state index is 0. The molecule has 0 fully saturated rings. The Morgan fingerprint density at radius 3 is 0.826 bits per heavy atom. The molecule has 0 saturated heterocycles. The molecule has 0 aromatic heterocycles. The average molecular weight is 574 g/mol. The van der Waals surface area contributed by atoms with Gasteiger partial charge in [-0.1, -0.05) is 66.2 Å². The van der Waals surface area contributed by atoms with Gasteiger partial charge < -0.3 is 0 Å². The van der Waals surface area contributed by atoms with Crippen LogP contribution in [0.1, 0.15) is 69.2 Å². The molecule has 0 atom stereocenters. The average Bonchev–Trinajstić information content (AvgIpc) is 2.60. The SMILES string of the molecule is CC1=[C-]C(C)(C)C(C)=C1C.CC1=[C-]C(C)(C)C(C)=C1C.I.I.[Ti+2]. The molecule has 23 heavy (non-hydrogen) atoms. The molecule has 3 heteroatoms. The molecule has 0 radical (unpaired) electrons. The normalized spacial score (nSPS) is 20.4. The number of rotatable bonds is 0. The third-order valence-corrected chi connectivity index (χ3v) is 5.12. The fourth-order valence-electron chi connectivity index (χ4n) is 2.81. The second kappa shape index (κ2) is 10.3. The first kappa shape index (κ1) is 28.9. The first-order valence-electron chi connectivity index (χ1n) is 7.50. The van der Waals surface area contributed by atoms with E-state index in [1.165, 1.54) is 33.4 Å². The van der Waals surface area contributed by atoms with Crippen molar-refractivity contribution in [1.29, 1.82) is 0 Å². The molecule has 2 rings (SSSR count). The molecule has 0 nitrogen and oxygen atoms in total. The predicted molar refractivity (Wildman–Crippen MR) is 120 cm³/mol. The Morgan fingerprint density at radius 2 is 0.783 bits per heavy atom. The van der Waals surface area contributed by atoms with E-state index in [4.69, 9.17) is 0 Å². The Hall–Kier alpha value is 1.13. The third kappa shape index (κ3) is 6.75. The molecular weight excluding hydrogens is 542 g/mol. The molecule has 130 valence electrons. The van der Waals surface area contributed by atoms with Crippen LogP contribution < -0.4 is 0 Å². The van der Waals surface area contributed by atoms with Gasteiger partial charge in [0.15, 0.2) is 0 Å². The van der Waals surface area contributed by atoms with Crippen LogP contribution in [-0.4, -0.2) is 0 Å². The minimum atomic E-state index is 0. The van der Waals surface area contributed by atoms with Crippen molar-refractivity contribution in [3.05, 3.63) is 45.6 Å². The largest absolute Gasteiger partial charge is 2.00 e. The maximum atomic E-state index is 3.44. The van der Waals surface area contributed by atoms with Crippen LogP contribution >= 0.6 is 48.0 Å². The molecule has 2 aliphatic carbocycles. The van der Waals surface area contributed by atoms with Crippen LogP contribution in [-0.2, 0) is 21.7 Å².